The third-order valence-electron chi connectivity index (χ3n) is 2.15. The van der Waals surface area contributed by atoms with Crippen LogP contribution in [0.3, 0.4) is 0 Å². The van der Waals surface area contributed by atoms with Crippen molar-refractivity contribution in [3.63, 3.8) is 0 Å². The summed E-state index contributed by atoms with van der Waals surface area (Å²) in [6, 6.07) is 4.13. The minimum Gasteiger partial charge on any atom is -0.460 e. The van der Waals surface area contributed by atoms with Gasteiger partial charge in [-0.05, 0) is 13.0 Å². The fourth-order valence-corrected chi connectivity index (χ4v) is 1.41. The Kier molecular flexibility index (Phi) is 2.73. The van der Waals surface area contributed by atoms with E-state index in [9.17, 15) is 14.9 Å². The molecule has 0 saturated carbocycles. The number of imidazole rings is 1. The van der Waals surface area contributed by atoms with Crippen LogP contribution < -0.4 is 0 Å². The van der Waals surface area contributed by atoms with Gasteiger partial charge in [0, 0.05) is 12.1 Å². The molecule has 0 aliphatic rings. The first-order valence-electron chi connectivity index (χ1n) is 4.93. The van der Waals surface area contributed by atoms with Crippen molar-refractivity contribution in [2.45, 2.75) is 6.92 Å². The molecule has 0 bridgehead atoms. The number of nitrogens with zero attached hydrogens (tertiary/aromatic N) is 2. The second kappa shape index (κ2) is 4.20. The second-order valence-corrected chi connectivity index (χ2v) is 3.26. The van der Waals surface area contributed by atoms with E-state index in [-0.39, 0.29) is 18.1 Å². The van der Waals surface area contributed by atoms with Gasteiger partial charge < -0.3 is 9.72 Å². The fraction of sp³-hybridized carbons (Fsp3) is 0.200. The molecule has 1 aromatic carbocycles. The molecule has 2 aromatic rings. The maximum Gasteiger partial charge on any atom is 0.374 e. The highest BCUT2D eigenvalue weighted by molar-refractivity contribution is 5.90. The number of ether oxygens (including phenoxy) is 1. The number of nitrogens with one attached hydrogen (secondary N) is 1. The van der Waals surface area contributed by atoms with E-state index in [0.29, 0.717) is 11.0 Å². The number of fused-ring (bicyclic) bond motifs is 1. The van der Waals surface area contributed by atoms with Crippen LogP contribution in [-0.4, -0.2) is 27.5 Å². The van der Waals surface area contributed by atoms with Crippen LogP contribution in [0.2, 0.25) is 0 Å². The van der Waals surface area contributed by atoms with Crippen LogP contribution in [0.25, 0.3) is 11.0 Å². The maximum absolute atomic E-state index is 11.4. The summed E-state index contributed by atoms with van der Waals surface area (Å²) in [5, 5.41) is 10.6. The first-order valence-corrected chi connectivity index (χ1v) is 4.93. The number of carbonyl (C=O) groups excluding carboxylic acids is 1. The minimum absolute atomic E-state index is 0.0438. The van der Waals surface area contributed by atoms with Crippen molar-refractivity contribution >= 4 is 22.7 Å². The SMILES string of the molecule is CCOC(=O)c1nc2ccc([N+](=O)[O-])cc2[nH]1. The molecule has 1 N–H and O–H groups in total. The van der Waals surface area contributed by atoms with Gasteiger partial charge in [-0.3, -0.25) is 10.1 Å². The highest BCUT2D eigenvalue weighted by atomic mass is 16.6. The van der Waals surface area contributed by atoms with Gasteiger partial charge in [-0.15, -0.1) is 0 Å². The van der Waals surface area contributed by atoms with E-state index < -0.39 is 10.9 Å². The van der Waals surface area contributed by atoms with Gasteiger partial charge in [-0.25, -0.2) is 9.78 Å². The predicted molar refractivity (Wildman–Crippen MR) is 58.7 cm³/mol. The molecule has 88 valence electrons. The third-order valence-corrected chi connectivity index (χ3v) is 2.15. The average Bonchev–Trinajstić information content (AvgIpc) is 2.71. The Balaban J connectivity index is 2.43. The van der Waals surface area contributed by atoms with Crippen molar-refractivity contribution in [2.24, 2.45) is 0 Å². The van der Waals surface area contributed by atoms with Gasteiger partial charge in [0.1, 0.15) is 0 Å². The Labute approximate surface area is 95.6 Å². The number of non-ortho nitro benzene ring substituents is 1. The molecule has 7 nitrogen and oxygen atoms in total. The zero-order valence-electron chi connectivity index (χ0n) is 8.97. The van der Waals surface area contributed by atoms with Gasteiger partial charge in [0.25, 0.3) is 5.69 Å². The largest absolute Gasteiger partial charge is 0.460 e. The van der Waals surface area contributed by atoms with E-state index in [1.54, 1.807) is 6.92 Å². The molecule has 0 aliphatic carbocycles. The molecule has 0 radical (unpaired) electrons. The predicted octanol–water partition coefficient (Wildman–Crippen LogP) is 1.65. The number of aromatic amines is 1. The van der Waals surface area contributed by atoms with Gasteiger partial charge in [-0.1, -0.05) is 0 Å². The molecule has 0 spiro atoms. The lowest BCUT2D eigenvalue weighted by atomic mass is 10.3. The smallest absolute Gasteiger partial charge is 0.374 e. The first-order chi connectivity index (χ1) is 8.11. The molecule has 2 rings (SSSR count). The second-order valence-electron chi connectivity index (χ2n) is 3.26. The van der Waals surface area contributed by atoms with E-state index in [4.69, 9.17) is 4.74 Å². The lowest BCUT2D eigenvalue weighted by molar-refractivity contribution is -0.384. The van der Waals surface area contributed by atoms with Gasteiger partial charge in [0.2, 0.25) is 5.82 Å². The van der Waals surface area contributed by atoms with Gasteiger partial charge in [0.05, 0.1) is 22.6 Å². The van der Waals surface area contributed by atoms with E-state index in [0.717, 1.165) is 0 Å². The number of benzene rings is 1. The summed E-state index contributed by atoms with van der Waals surface area (Å²) in [4.78, 5) is 28.1. The minimum atomic E-state index is -0.577. The monoisotopic (exact) mass is 235 g/mol. The molecule has 0 atom stereocenters. The molecule has 0 saturated heterocycles. The first kappa shape index (κ1) is 11.1. The molecule has 0 fully saturated rings. The van der Waals surface area contributed by atoms with Crippen LogP contribution in [0.1, 0.15) is 17.5 Å². The Morgan fingerprint density at radius 2 is 2.35 bits per heavy atom. The van der Waals surface area contributed by atoms with Crippen LogP contribution in [0.4, 0.5) is 5.69 Å². The Morgan fingerprint density at radius 3 is 3.00 bits per heavy atom. The third kappa shape index (κ3) is 2.07. The summed E-state index contributed by atoms with van der Waals surface area (Å²) in [5.41, 5.74) is 0.859. The van der Waals surface area contributed by atoms with Crippen LogP contribution in [-0.2, 0) is 4.74 Å². The summed E-state index contributed by atoms with van der Waals surface area (Å²) in [5.74, 6) is -0.534. The molecule has 17 heavy (non-hydrogen) atoms. The normalized spacial score (nSPS) is 10.4. The number of carbonyl (C=O) groups is 1. The lowest BCUT2D eigenvalue weighted by Crippen LogP contribution is -2.06. The summed E-state index contributed by atoms with van der Waals surface area (Å²) in [6.07, 6.45) is 0. The number of nitro groups is 1. The van der Waals surface area contributed by atoms with Crippen LogP contribution in [0.15, 0.2) is 18.2 Å². The summed E-state index contributed by atoms with van der Waals surface area (Å²) >= 11 is 0. The van der Waals surface area contributed by atoms with Crippen molar-refractivity contribution in [3.05, 3.63) is 34.1 Å². The van der Waals surface area contributed by atoms with Crippen molar-refractivity contribution in [1.29, 1.82) is 0 Å². The standard InChI is InChI=1S/C10H9N3O4/c1-2-17-10(14)9-11-7-4-3-6(13(15)16)5-8(7)12-9/h3-5H,2H2,1H3,(H,11,12). The Bertz CT molecular complexity index is 590. The zero-order chi connectivity index (χ0) is 12.4. The molecule has 0 amide bonds. The molecule has 1 aromatic heterocycles. The van der Waals surface area contributed by atoms with Crippen molar-refractivity contribution in [1.82, 2.24) is 9.97 Å². The van der Waals surface area contributed by atoms with Crippen molar-refractivity contribution < 1.29 is 14.5 Å². The lowest BCUT2D eigenvalue weighted by Gasteiger charge is -1.95. The number of hydrogen-bond donors (Lipinski definition) is 1. The van der Waals surface area contributed by atoms with Gasteiger partial charge in [0.15, 0.2) is 0 Å². The Morgan fingerprint density at radius 1 is 1.59 bits per heavy atom. The van der Waals surface area contributed by atoms with E-state index in [1.165, 1.54) is 18.2 Å². The molecular weight excluding hydrogens is 226 g/mol. The van der Waals surface area contributed by atoms with Gasteiger partial charge >= 0.3 is 5.97 Å². The Hall–Kier alpha value is -2.44. The number of H-pyrrole nitrogens is 1. The highest BCUT2D eigenvalue weighted by Crippen LogP contribution is 2.19. The number of rotatable bonds is 3. The fourth-order valence-electron chi connectivity index (χ4n) is 1.41. The molecule has 0 unspecified atom stereocenters. The van der Waals surface area contributed by atoms with Crippen molar-refractivity contribution in [3.8, 4) is 0 Å². The molecular formula is C10H9N3O4. The van der Waals surface area contributed by atoms with E-state index >= 15 is 0 Å². The van der Waals surface area contributed by atoms with E-state index in [2.05, 4.69) is 9.97 Å². The molecule has 0 aliphatic heterocycles. The summed E-state index contributed by atoms with van der Waals surface area (Å²) < 4.78 is 4.77. The topological polar surface area (TPSA) is 98.1 Å². The molecule has 7 heteroatoms. The average molecular weight is 235 g/mol. The van der Waals surface area contributed by atoms with Crippen LogP contribution >= 0.6 is 0 Å². The van der Waals surface area contributed by atoms with E-state index in [1.807, 2.05) is 0 Å². The number of nitro benzene ring substituents is 1. The summed E-state index contributed by atoms with van der Waals surface area (Å²) in [6.45, 7) is 1.93. The summed E-state index contributed by atoms with van der Waals surface area (Å²) in [7, 11) is 0. The van der Waals surface area contributed by atoms with Gasteiger partial charge in [-0.2, -0.15) is 0 Å². The number of hydrogen-bond acceptors (Lipinski definition) is 5. The van der Waals surface area contributed by atoms with Crippen molar-refractivity contribution in [2.75, 3.05) is 6.61 Å². The number of esters is 1. The quantitative estimate of drug-likeness (QED) is 0.495. The zero-order valence-corrected chi connectivity index (χ0v) is 8.97. The number of aromatic nitrogens is 2. The molecule has 1 heterocycles. The van der Waals surface area contributed by atoms with Crippen LogP contribution in [0.5, 0.6) is 0 Å². The maximum atomic E-state index is 11.4. The van der Waals surface area contributed by atoms with Crippen LogP contribution in [0, 0.1) is 10.1 Å². The highest BCUT2D eigenvalue weighted by Gasteiger charge is 2.14.